The lowest BCUT2D eigenvalue weighted by Crippen LogP contribution is -2.10. The summed E-state index contributed by atoms with van der Waals surface area (Å²) in [5.41, 5.74) is 1.83. The molecule has 0 saturated heterocycles. The van der Waals surface area contributed by atoms with Gasteiger partial charge in [-0.25, -0.2) is 0 Å². The first-order valence-corrected chi connectivity index (χ1v) is 14.7. The number of ether oxygens (including phenoxy) is 1. The average Bonchev–Trinajstić information content (AvgIpc) is 2.87. The summed E-state index contributed by atoms with van der Waals surface area (Å²) in [6.07, 6.45) is 31.8. The van der Waals surface area contributed by atoms with Crippen molar-refractivity contribution in [1.29, 1.82) is 0 Å². The molecule has 3 nitrogen and oxygen atoms in total. The molecule has 204 valence electrons. The highest BCUT2D eigenvalue weighted by Crippen LogP contribution is 2.26. The number of hydrogen-bond acceptors (Lipinski definition) is 3. The molecule has 0 atom stereocenters. The van der Waals surface area contributed by atoms with E-state index in [9.17, 15) is 9.59 Å². The third kappa shape index (κ3) is 17.5. The van der Waals surface area contributed by atoms with Crippen molar-refractivity contribution in [2.75, 3.05) is 6.61 Å². The van der Waals surface area contributed by atoms with Crippen molar-refractivity contribution in [3.63, 3.8) is 0 Å². The normalized spacial score (nSPS) is 20.3. The molecule has 1 rings (SSSR count). The van der Waals surface area contributed by atoms with E-state index in [2.05, 4.69) is 39.0 Å². The standard InChI is InChI=1S/C33H54O3/c1-5-6-7-8-9-10-11-12-13-14-15-16-17-18-19-23-32(35)36-28-30-22-20-21-29(2)31(34)25-27-33(3,4)26-24-30/h12-13,21,24-25,27H,5-11,14-20,22-23,26,28H2,1-4H3/b13-12-,27-25+,29-21+,30-24-. The van der Waals surface area contributed by atoms with Gasteiger partial charge in [-0.1, -0.05) is 103 Å². The Morgan fingerprint density at radius 3 is 2.19 bits per heavy atom. The summed E-state index contributed by atoms with van der Waals surface area (Å²) in [6, 6.07) is 0. The van der Waals surface area contributed by atoms with Gasteiger partial charge >= 0.3 is 5.97 Å². The molecule has 36 heavy (non-hydrogen) atoms. The van der Waals surface area contributed by atoms with Crippen LogP contribution >= 0.6 is 0 Å². The molecule has 0 fully saturated rings. The van der Waals surface area contributed by atoms with Crippen LogP contribution in [0.25, 0.3) is 0 Å². The van der Waals surface area contributed by atoms with Crippen LogP contribution in [0.1, 0.15) is 137 Å². The van der Waals surface area contributed by atoms with Crippen molar-refractivity contribution in [3.8, 4) is 0 Å². The predicted molar refractivity (Wildman–Crippen MR) is 154 cm³/mol. The molecule has 0 bridgehead atoms. The van der Waals surface area contributed by atoms with E-state index in [0.717, 1.165) is 43.3 Å². The molecular weight excluding hydrogens is 444 g/mol. The minimum Gasteiger partial charge on any atom is -0.461 e. The van der Waals surface area contributed by atoms with Crippen molar-refractivity contribution in [2.45, 2.75) is 137 Å². The molecular formula is C33H54O3. The second-order valence-corrected chi connectivity index (χ2v) is 11.2. The van der Waals surface area contributed by atoms with Gasteiger partial charge in [-0.05, 0) is 80.9 Å². The number of unbranched alkanes of at least 4 members (excludes halogenated alkanes) is 11. The minimum absolute atomic E-state index is 0.0814. The van der Waals surface area contributed by atoms with E-state index in [4.69, 9.17) is 4.74 Å². The van der Waals surface area contributed by atoms with Crippen LogP contribution in [0.3, 0.4) is 0 Å². The number of carbonyl (C=O) groups excluding carboxylic acids is 2. The van der Waals surface area contributed by atoms with Gasteiger partial charge in [0.25, 0.3) is 0 Å². The molecule has 1 aliphatic carbocycles. The van der Waals surface area contributed by atoms with Gasteiger partial charge in [0.2, 0.25) is 0 Å². The predicted octanol–water partition coefficient (Wildman–Crippen LogP) is 9.78. The Kier molecular flexibility index (Phi) is 18.0. The first-order chi connectivity index (χ1) is 17.3. The van der Waals surface area contributed by atoms with Crippen LogP contribution in [-0.2, 0) is 14.3 Å². The monoisotopic (exact) mass is 498 g/mol. The van der Waals surface area contributed by atoms with E-state index in [1.165, 1.54) is 70.6 Å². The van der Waals surface area contributed by atoms with Crippen molar-refractivity contribution < 1.29 is 14.3 Å². The largest absolute Gasteiger partial charge is 0.461 e. The number of hydrogen-bond donors (Lipinski definition) is 0. The quantitative estimate of drug-likeness (QED) is 0.114. The smallest absolute Gasteiger partial charge is 0.306 e. The van der Waals surface area contributed by atoms with E-state index in [-0.39, 0.29) is 17.2 Å². The Labute approximate surface area is 222 Å². The summed E-state index contributed by atoms with van der Waals surface area (Å²) in [5, 5.41) is 0. The van der Waals surface area contributed by atoms with Gasteiger partial charge in [0.05, 0.1) is 0 Å². The Balaban J connectivity index is 2.14. The fraction of sp³-hybridized carbons (Fsp3) is 0.697. The summed E-state index contributed by atoms with van der Waals surface area (Å²) in [7, 11) is 0. The lowest BCUT2D eigenvalue weighted by Gasteiger charge is -2.18. The van der Waals surface area contributed by atoms with Crippen LogP contribution in [-0.4, -0.2) is 18.4 Å². The molecule has 0 saturated carbocycles. The van der Waals surface area contributed by atoms with E-state index in [1.54, 1.807) is 6.08 Å². The number of carbonyl (C=O) groups is 2. The van der Waals surface area contributed by atoms with E-state index >= 15 is 0 Å². The van der Waals surface area contributed by atoms with Gasteiger partial charge < -0.3 is 4.74 Å². The zero-order valence-corrected chi connectivity index (χ0v) is 23.9. The van der Waals surface area contributed by atoms with Gasteiger partial charge in [0, 0.05) is 6.42 Å². The number of allylic oxidation sites excluding steroid dienone is 7. The molecule has 0 spiro atoms. The van der Waals surface area contributed by atoms with Gasteiger partial charge in [0.1, 0.15) is 6.61 Å². The summed E-state index contributed by atoms with van der Waals surface area (Å²) < 4.78 is 5.59. The number of ketones is 1. The van der Waals surface area contributed by atoms with Crippen LogP contribution in [0.2, 0.25) is 0 Å². The summed E-state index contributed by atoms with van der Waals surface area (Å²) in [5.74, 6) is -0.0122. The first-order valence-electron chi connectivity index (χ1n) is 14.7. The Bertz CT molecular complexity index is 736. The minimum atomic E-state index is -0.0980. The van der Waals surface area contributed by atoms with Crippen LogP contribution in [0, 0.1) is 5.41 Å². The summed E-state index contributed by atoms with van der Waals surface area (Å²) in [4.78, 5) is 24.4. The molecule has 0 aromatic rings. The maximum Gasteiger partial charge on any atom is 0.306 e. The van der Waals surface area contributed by atoms with Crippen molar-refractivity contribution in [2.24, 2.45) is 5.41 Å². The molecule has 0 aromatic heterocycles. The van der Waals surface area contributed by atoms with Gasteiger partial charge in [-0.15, -0.1) is 0 Å². The van der Waals surface area contributed by atoms with E-state index in [1.807, 2.05) is 19.1 Å². The summed E-state index contributed by atoms with van der Waals surface area (Å²) >= 11 is 0. The molecule has 0 unspecified atom stereocenters. The highest BCUT2D eigenvalue weighted by Gasteiger charge is 2.15. The fourth-order valence-corrected chi connectivity index (χ4v) is 4.30. The van der Waals surface area contributed by atoms with Crippen molar-refractivity contribution >= 4 is 11.8 Å². The van der Waals surface area contributed by atoms with E-state index in [0.29, 0.717) is 13.0 Å². The third-order valence-electron chi connectivity index (χ3n) is 6.97. The van der Waals surface area contributed by atoms with Crippen molar-refractivity contribution in [3.05, 3.63) is 47.6 Å². The highest BCUT2D eigenvalue weighted by molar-refractivity contribution is 6.03. The zero-order valence-electron chi connectivity index (χ0n) is 23.9. The molecule has 0 heterocycles. The molecule has 0 amide bonds. The lowest BCUT2D eigenvalue weighted by molar-refractivity contribution is -0.142. The lowest BCUT2D eigenvalue weighted by atomic mass is 9.87. The van der Waals surface area contributed by atoms with Crippen LogP contribution in [0.15, 0.2) is 47.6 Å². The maximum atomic E-state index is 12.2. The van der Waals surface area contributed by atoms with Crippen LogP contribution < -0.4 is 0 Å². The maximum absolute atomic E-state index is 12.2. The molecule has 0 aromatic carbocycles. The summed E-state index contributed by atoms with van der Waals surface area (Å²) in [6.45, 7) is 8.75. The van der Waals surface area contributed by atoms with Gasteiger partial charge in [-0.2, -0.15) is 0 Å². The SMILES string of the molecule is CCCCCCCC/C=C\CCCCCCCC(=O)OC/C1=C\CC(C)(C)/C=C/C(=O)/C(C)=C/CC1. The van der Waals surface area contributed by atoms with Crippen LogP contribution in [0.4, 0.5) is 0 Å². The molecule has 3 heteroatoms. The first kappa shape index (κ1) is 32.1. The topological polar surface area (TPSA) is 43.4 Å². The number of rotatable bonds is 17. The fourth-order valence-electron chi connectivity index (χ4n) is 4.30. The van der Waals surface area contributed by atoms with E-state index < -0.39 is 0 Å². The average molecular weight is 499 g/mol. The second kappa shape index (κ2) is 20.2. The Morgan fingerprint density at radius 2 is 1.53 bits per heavy atom. The second-order valence-electron chi connectivity index (χ2n) is 11.2. The highest BCUT2D eigenvalue weighted by atomic mass is 16.5. The Morgan fingerprint density at radius 1 is 0.917 bits per heavy atom. The third-order valence-corrected chi connectivity index (χ3v) is 6.97. The Hall–Kier alpha value is -1.90. The van der Waals surface area contributed by atoms with Gasteiger partial charge in [0.15, 0.2) is 5.78 Å². The molecule has 0 N–H and O–H groups in total. The van der Waals surface area contributed by atoms with Crippen molar-refractivity contribution in [1.82, 2.24) is 0 Å². The molecule has 0 aliphatic heterocycles. The van der Waals surface area contributed by atoms with Gasteiger partial charge in [-0.3, -0.25) is 9.59 Å². The molecule has 0 radical (unpaired) electrons. The van der Waals surface area contributed by atoms with Crippen LogP contribution in [0.5, 0.6) is 0 Å². The molecule has 1 aliphatic rings. The zero-order chi connectivity index (χ0) is 26.5. The number of esters is 1.